The minimum atomic E-state index is 0.305. The first-order valence-corrected chi connectivity index (χ1v) is 6.61. The molecular formula is C13H19N3O. The van der Waals surface area contributed by atoms with Gasteiger partial charge in [-0.2, -0.15) is 5.26 Å². The number of hydrogen-bond acceptors (Lipinski definition) is 3. The minimum absolute atomic E-state index is 0.305. The first kappa shape index (κ1) is 11.0. The van der Waals surface area contributed by atoms with E-state index in [-0.39, 0.29) is 0 Å². The lowest BCUT2D eigenvalue weighted by molar-refractivity contribution is -0.130. The summed E-state index contributed by atoms with van der Waals surface area (Å²) in [7, 11) is 0. The second-order valence-electron chi connectivity index (χ2n) is 5.85. The zero-order chi connectivity index (χ0) is 11.9. The van der Waals surface area contributed by atoms with E-state index in [4.69, 9.17) is 5.26 Å². The largest absolute Gasteiger partial charge is 0.337 e. The Kier molecular flexibility index (Phi) is 2.59. The SMILES string of the molecule is N#CCC1(CN2CCN3C(=O)CCC3C2)CC1. The average Bonchev–Trinajstić information content (AvgIpc) is 2.96. The highest BCUT2D eigenvalue weighted by Gasteiger charge is 2.45. The second-order valence-corrected chi connectivity index (χ2v) is 5.85. The summed E-state index contributed by atoms with van der Waals surface area (Å²) in [4.78, 5) is 16.1. The Morgan fingerprint density at radius 2 is 2.24 bits per heavy atom. The summed E-state index contributed by atoms with van der Waals surface area (Å²) < 4.78 is 0. The van der Waals surface area contributed by atoms with Crippen LogP contribution in [0.5, 0.6) is 0 Å². The molecule has 1 aliphatic carbocycles. The van der Waals surface area contributed by atoms with Crippen molar-refractivity contribution in [2.75, 3.05) is 26.2 Å². The molecule has 2 aliphatic heterocycles. The summed E-state index contributed by atoms with van der Waals surface area (Å²) >= 11 is 0. The summed E-state index contributed by atoms with van der Waals surface area (Å²) in [5, 5.41) is 8.83. The Labute approximate surface area is 102 Å². The van der Waals surface area contributed by atoms with Gasteiger partial charge in [0.25, 0.3) is 0 Å². The molecule has 2 heterocycles. The highest BCUT2D eigenvalue weighted by atomic mass is 16.2. The van der Waals surface area contributed by atoms with Crippen LogP contribution in [0.15, 0.2) is 0 Å². The third kappa shape index (κ3) is 2.04. The molecule has 0 radical (unpaired) electrons. The number of hydrogen-bond donors (Lipinski definition) is 0. The fourth-order valence-corrected chi connectivity index (χ4v) is 3.28. The number of amides is 1. The van der Waals surface area contributed by atoms with E-state index in [1.54, 1.807) is 0 Å². The van der Waals surface area contributed by atoms with Gasteiger partial charge in [0, 0.05) is 45.1 Å². The molecule has 0 aromatic carbocycles. The zero-order valence-corrected chi connectivity index (χ0v) is 10.2. The van der Waals surface area contributed by atoms with E-state index in [2.05, 4.69) is 15.9 Å². The third-order valence-corrected chi connectivity index (χ3v) is 4.55. The molecule has 3 fully saturated rings. The van der Waals surface area contributed by atoms with Crippen molar-refractivity contribution in [3.05, 3.63) is 0 Å². The van der Waals surface area contributed by atoms with Crippen LogP contribution in [0.3, 0.4) is 0 Å². The van der Waals surface area contributed by atoms with Gasteiger partial charge in [0.05, 0.1) is 6.07 Å². The number of carbonyl (C=O) groups is 1. The van der Waals surface area contributed by atoms with Gasteiger partial charge < -0.3 is 4.90 Å². The van der Waals surface area contributed by atoms with Gasteiger partial charge in [0.1, 0.15) is 0 Å². The van der Waals surface area contributed by atoms with Crippen LogP contribution in [-0.2, 0) is 4.79 Å². The number of rotatable bonds is 3. The molecule has 0 bridgehead atoms. The molecule has 1 atom stereocenters. The summed E-state index contributed by atoms with van der Waals surface area (Å²) in [6.07, 6.45) is 4.90. The molecule has 4 heteroatoms. The Morgan fingerprint density at radius 1 is 1.41 bits per heavy atom. The molecule has 0 N–H and O–H groups in total. The normalized spacial score (nSPS) is 31.1. The number of fused-ring (bicyclic) bond motifs is 1. The lowest BCUT2D eigenvalue weighted by Crippen LogP contribution is -2.52. The van der Waals surface area contributed by atoms with Gasteiger partial charge in [-0.25, -0.2) is 0 Å². The van der Waals surface area contributed by atoms with Crippen molar-refractivity contribution in [2.45, 2.75) is 38.1 Å². The van der Waals surface area contributed by atoms with Gasteiger partial charge in [0.15, 0.2) is 0 Å². The number of carbonyl (C=O) groups excluding carboxylic acids is 1. The van der Waals surface area contributed by atoms with Crippen molar-refractivity contribution in [3.8, 4) is 6.07 Å². The van der Waals surface area contributed by atoms with E-state index >= 15 is 0 Å². The summed E-state index contributed by atoms with van der Waals surface area (Å²) in [5.41, 5.74) is 0.305. The first-order chi connectivity index (χ1) is 8.22. The van der Waals surface area contributed by atoms with Crippen LogP contribution < -0.4 is 0 Å². The molecule has 1 saturated carbocycles. The molecule has 1 unspecified atom stereocenters. The third-order valence-electron chi connectivity index (χ3n) is 4.55. The highest BCUT2D eigenvalue weighted by Crippen LogP contribution is 2.49. The van der Waals surface area contributed by atoms with Crippen molar-refractivity contribution >= 4 is 5.91 Å². The van der Waals surface area contributed by atoms with Crippen LogP contribution in [0, 0.1) is 16.7 Å². The monoisotopic (exact) mass is 233 g/mol. The van der Waals surface area contributed by atoms with Gasteiger partial charge in [0.2, 0.25) is 5.91 Å². The summed E-state index contributed by atoms with van der Waals surface area (Å²) in [6.45, 7) is 3.99. The van der Waals surface area contributed by atoms with Crippen molar-refractivity contribution in [1.29, 1.82) is 5.26 Å². The molecule has 0 spiro atoms. The number of nitrogens with zero attached hydrogens (tertiary/aromatic N) is 3. The predicted molar refractivity (Wildman–Crippen MR) is 63.1 cm³/mol. The van der Waals surface area contributed by atoms with E-state index in [0.29, 0.717) is 23.8 Å². The molecule has 3 rings (SSSR count). The van der Waals surface area contributed by atoms with Gasteiger partial charge in [-0.05, 0) is 24.7 Å². The Bertz CT molecular complexity index is 369. The molecule has 17 heavy (non-hydrogen) atoms. The molecule has 0 aromatic heterocycles. The number of piperazine rings is 1. The van der Waals surface area contributed by atoms with Crippen LogP contribution >= 0.6 is 0 Å². The Morgan fingerprint density at radius 3 is 2.94 bits per heavy atom. The quantitative estimate of drug-likeness (QED) is 0.730. The van der Waals surface area contributed by atoms with Gasteiger partial charge in [-0.3, -0.25) is 9.69 Å². The molecule has 1 amide bonds. The lowest BCUT2D eigenvalue weighted by atomic mass is 10.0. The minimum Gasteiger partial charge on any atom is -0.337 e. The van der Waals surface area contributed by atoms with Crippen molar-refractivity contribution in [2.24, 2.45) is 5.41 Å². The highest BCUT2D eigenvalue weighted by molar-refractivity contribution is 5.78. The van der Waals surface area contributed by atoms with E-state index in [1.165, 1.54) is 12.8 Å². The maximum Gasteiger partial charge on any atom is 0.222 e. The van der Waals surface area contributed by atoms with Crippen LogP contribution in [0.1, 0.15) is 32.1 Å². The van der Waals surface area contributed by atoms with Gasteiger partial charge in [-0.15, -0.1) is 0 Å². The standard InChI is InChI=1S/C13H19N3O/c14-6-5-13(3-4-13)10-15-7-8-16-11(9-15)1-2-12(16)17/h11H,1-5,7-10H2. The Balaban J connectivity index is 1.57. The molecule has 3 aliphatic rings. The topological polar surface area (TPSA) is 47.3 Å². The van der Waals surface area contributed by atoms with E-state index in [9.17, 15) is 4.79 Å². The average molecular weight is 233 g/mol. The van der Waals surface area contributed by atoms with Crippen molar-refractivity contribution < 1.29 is 4.79 Å². The molecule has 4 nitrogen and oxygen atoms in total. The van der Waals surface area contributed by atoms with E-state index < -0.39 is 0 Å². The smallest absolute Gasteiger partial charge is 0.222 e. The van der Waals surface area contributed by atoms with Crippen LogP contribution in [0.4, 0.5) is 0 Å². The first-order valence-electron chi connectivity index (χ1n) is 6.61. The fraction of sp³-hybridized carbons (Fsp3) is 0.846. The van der Waals surface area contributed by atoms with Crippen LogP contribution in [0.25, 0.3) is 0 Å². The molecular weight excluding hydrogens is 214 g/mol. The van der Waals surface area contributed by atoms with Crippen LogP contribution in [-0.4, -0.2) is 47.9 Å². The summed E-state index contributed by atoms with van der Waals surface area (Å²) in [6, 6.07) is 2.78. The molecule has 0 aromatic rings. The van der Waals surface area contributed by atoms with Gasteiger partial charge in [-0.1, -0.05) is 0 Å². The van der Waals surface area contributed by atoms with E-state index in [1.807, 2.05) is 0 Å². The molecule has 2 saturated heterocycles. The Hall–Kier alpha value is -1.08. The van der Waals surface area contributed by atoms with Gasteiger partial charge >= 0.3 is 0 Å². The lowest BCUT2D eigenvalue weighted by Gasteiger charge is -2.39. The number of nitriles is 1. The fourth-order valence-electron chi connectivity index (χ4n) is 3.28. The van der Waals surface area contributed by atoms with E-state index in [0.717, 1.165) is 39.0 Å². The predicted octanol–water partition coefficient (Wildman–Crippen LogP) is 0.987. The maximum absolute atomic E-state index is 11.6. The zero-order valence-electron chi connectivity index (χ0n) is 10.2. The maximum atomic E-state index is 11.6. The summed E-state index contributed by atoms with van der Waals surface area (Å²) in [5.74, 6) is 0.341. The second kappa shape index (κ2) is 3.99. The van der Waals surface area contributed by atoms with Crippen molar-refractivity contribution in [1.82, 2.24) is 9.80 Å². The van der Waals surface area contributed by atoms with Crippen molar-refractivity contribution in [3.63, 3.8) is 0 Å². The molecule has 92 valence electrons. The van der Waals surface area contributed by atoms with Crippen LogP contribution in [0.2, 0.25) is 0 Å².